The number of imidazole rings is 1. The van der Waals surface area contributed by atoms with Gasteiger partial charge in [-0.25, -0.2) is 9.37 Å². The second-order valence-corrected chi connectivity index (χ2v) is 7.98. The van der Waals surface area contributed by atoms with E-state index in [1.54, 1.807) is 6.20 Å². The Morgan fingerprint density at radius 2 is 2.00 bits per heavy atom. The molecule has 6 nitrogen and oxygen atoms in total. The minimum absolute atomic E-state index is 0.0984. The first-order chi connectivity index (χ1) is 13.3. The van der Waals surface area contributed by atoms with E-state index >= 15 is 0 Å². The van der Waals surface area contributed by atoms with Crippen LogP contribution in [0.5, 0.6) is 0 Å². The highest BCUT2D eigenvalue weighted by Crippen LogP contribution is 2.38. The average molecular weight is 391 g/mol. The third-order valence-electron chi connectivity index (χ3n) is 4.56. The van der Waals surface area contributed by atoms with Gasteiger partial charge in [-0.2, -0.15) is 0 Å². The molecule has 1 amide bonds. The Morgan fingerprint density at radius 1 is 1.32 bits per heavy atom. The number of hydrogen-bond acceptors (Lipinski definition) is 4. The summed E-state index contributed by atoms with van der Waals surface area (Å²) in [5, 5.41) is 0. The largest absolute Gasteiger partial charge is 0.375 e. The van der Waals surface area contributed by atoms with Gasteiger partial charge in [-0.05, 0) is 11.0 Å². The molecule has 7 heteroatoms. The highest BCUT2D eigenvalue weighted by Gasteiger charge is 2.38. The van der Waals surface area contributed by atoms with Gasteiger partial charge in [0.05, 0.1) is 12.6 Å². The summed E-state index contributed by atoms with van der Waals surface area (Å²) >= 11 is 0. The van der Waals surface area contributed by atoms with Crippen molar-refractivity contribution in [1.29, 1.82) is 0 Å². The molecule has 28 heavy (non-hydrogen) atoms. The number of aromatic nitrogens is 2. The molecule has 0 saturated heterocycles. The lowest BCUT2D eigenvalue weighted by Crippen LogP contribution is -2.47. The Morgan fingerprint density at radius 3 is 2.57 bits per heavy atom. The van der Waals surface area contributed by atoms with Crippen LogP contribution in [0.15, 0.2) is 42.7 Å². The van der Waals surface area contributed by atoms with E-state index in [0.29, 0.717) is 12.4 Å². The molecule has 2 atom stereocenters. The molecular formula is C21H31FN4O2. The molecule has 1 aromatic carbocycles. The molecule has 154 valence electrons. The number of methoxy groups -OCH3 is 1. The van der Waals surface area contributed by atoms with Crippen molar-refractivity contribution in [3.8, 4) is 0 Å². The van der Waals surface area contributed by atoms with Gasteiger partial charge in [0, 0.05) is 32.6 Å². The molecule has 2 N–H and O–H groups in total. The van der Waals surface area contributed by atoms with Crippen molar-refractivity contribution in [3.05, 3.63) is 54.1 Å². The lowest BCUT2D eigenvalue weighted by atomic mass is 9.84. The number of ether oxygens (including phenoxy) is 1. The van der Waals surface area contributed by atoms with Crippen LogP contribution in [0.3, 0.4) is 0 Å². The zero-order chi connectivity index (χ0) is 20.7. The number of nitrogens with two attached hydrogens (primary N) is 1. The van der Waals surface area contributed by atoms with Crippen molar-refractivity contribution in [3.63, 3.8) is 0 Å². The molecule has 0 aliphatic carbocycles. The van der Waals surface area contributed by atoms with Gasteiger partial charge in [0.2, 0.25) is 5.91 Å². The maximum absolute atomic E-state index is 14.2. The Labute approximate surface area is 166 Å². The average Bonchev–Trinajstić information content (AvgIpc) is 3.08. The van der Waals surface area contributed by atoms with Gasteiger partial charge in [-0.1, -0.05) is 51.1 Å². The standard InChI is InChI=1S/C21H31FN4O2/c1-21(2,3)19(26(14-17(22)12-23)18(27)15-28-4)20-24-10-11-25(20)13-16-8-6-5-7-9-16/h5-11,17,19H,12-15,23H2,1-4H3/t17-,19-/m0/s1. The topological polar surface area (TPSA) is 73.4 Å². The lowest BCUT2D eigenvalue weighted by molar-refractivity contribution is -0.141. The summed E-state index contributed by atoms with van der Waals surface area (Å²) in [7, 11) is 1.45. The molecule has 0 bridgehead atoms. The number of nitrogens with zero attached hydrogens (tertiary/aromatic N) is 3. The predicted octanol–water partition coefficient (Wildman–Crippen LogP) is 2.79. The van der Waals surface area contributed by atoms with Crippen LogP contribution in [0.2, 0.25) is 0 Å². The number of amides is 1. The molecule has 0 spiro atoms. The van der Waals surface area contributed by atoms with Crippen molar-refractivity contribution in [1.82, 2.24) is 14.5 Å². The Balaban J connectivity index is 2.44. The SMILES string of the molecule is COCC(=O)N(C[C@@H](F)CN)[C@@H](c1nccn1Cc1ccccc1)C(C)(C)C. The second-order valence-electron chi connectivity index (χ2n) is 7.98. The van der Waals surface area contributed by atoms with E-state index in [4.69, 9.17) is 10.5 Å². The fourth-order valence-electron chi connectivity index (χ4n) is 3.32. The van der Waals surface area contributed by atoms with Crippen LogP contribution in [-0.4, -0.2) is 53.3 Å². The van der Waals surface area contributed by atoms with Gasteiger partial charge in [0.1, 0.15) is 18.6 Å². The zero-order valence-corrected chi connectivity index (χ0v) is 17.1. The van der Waals surface area contributed by atoms with Gasteiger partial charge < -0.3 is 19.9 Å². The number of hydrogen-bond donors (Lipinski definition) is 1. The second kappa shape index (κ2) is 9.80. The van der Waals surface area contributed by atoms with Gasteiger partial charge in [0.15, 0.2) is 0 Å². The molecular weight excluding hydrogens is 359 g/mol. The van der Waals surface area contributed by atoms with Gasteiger partial charge in [-0.3, -0.25) is 4.79 Å². The third-order valence-corrected chi connectivity index (χ3v) is 4.56. The number of halogens is 1. The number of rotatable bonds is 9. The lowest BCUT2D eigenvalue weighted by Gasteiger charge is -2.40. The maximum atomic E-state index is 14.2. The first kappa shape index (κ1) is 22.0. The maximum Gasteiger partial charge on any atom is 0.249 e. The molecule has 0 aliphatic heterocycles. The van der Waals surface area contributed by atoms with Crippen molar-refractivity contribution >= 4 is 5.91 Å². The van der Waals surface area contributed by atoms with Gasteiger partial charge >= 0.3 is 0 Å². The first-order valence-corrected chi connectivity index (χ1v) is 9.45. The Hall–Kier alpha value is -2.25. The van der Waals surface area contributed by atoms with E-state index in [-0.39, 0.29) is 31.0 Å². The van der Waals surface area contributed by atoms with E-state index in [2.05, 4.69) is 4.98 Å². The van der Waals surface area contributed by atoms with E-state index in [1.165, 1.54) is 12.0 Å². The highest BCUT2D eigenvalue weighted by molar-refractivity contribution is 5.78. The minimum Gasteiger partial charge on any atom is -0.375 e. The van der Waals surface area contributed by atoms with E-state index in [9.17, 15) is 9.18 Å². The van der Waals surface area contributed by atoms with E-state index in [1.807, 2.05) is 61.9 Å². The molecule has 2 rings (SSSR count). The number of carbonyl (C=O) groups excluding carboxylic acids is 1. The van der Waals surface area contributed by atoms with Crippen LogP contribution in [0.1, 0.15) is 38.2 Å². The van der Waals surface area contributed by atoms with Crippen molar-refractivity contribution in [2.24, 2.45) is 11.1 Å². The summed E-state index contributed by atoms with van der Waals surface area (Å²) in [5.41, 5.74) is 6.23. The summed E-state index contributed by atoms with van der Waals surface area (Å²) in [4.78, 5) is 18.9. The molecule has 1 aromatic heterocycles. The Bertz CT molecular complexity index is 742. The third kappa shape index (κ3) is 5.62. The molecule has 0 radical (unpaired) electrons. The van der Waals surface area contributed by atoms with Gasteiger partial charge in [0.25, 0.3) is 0 Å². The van der Waals surface area contributed by atoms with Gasteiger partial charge in [-0.15, -0.1) is 0 Å². The summed E-state index contributed by atoms with van der Waals surface area (Å²) in [6.07, 6.45) is 2.28. The van der Waals surface area contributed by atoms with Crippen LogP contribution in [-0.2, 0) is 16.1 Å². The molecule has 0 saturated carbocycles. The summed E-state index contributed by atoms with van der Waals surface area (Å²) < 4.78 is 21.3. The Kier molecular flexibility index (Phi) is 7.71. The van der Waals surface area contributed by atoms with Crippen molar-refractivity contribution in [2.45, 2.75) is 39.5 Å². The van der Waals surface area contributed by atoms with E-state index in [0.717, 1.165) is 5.56 Å². The summed E-state index contributed by atoms with van der Waals surface area (Å²) in [6.45, 7) is 6.30. The minimum atomic E-state index is -1.32. The number of carbonyl (C=O) groups is 1. The summed E-state index contributed by atoms with van der Waals surface area (Å²) in [5.74, 6) is 0.429. The number of alkyl halides is 1. The zero-order valence-electron chi connectivity index (χ0n) is 17.1. The predicted molar refractivity (Wildman–Crippen MR) is 108 cm³/mol. The quantitative estimate of drug-likeness (QED) is 0.715. The van der Waals surface area contributed by atoms with Crippen molar-refractivity contribution < 1.29 is 13.9 Å². The molecule has 1 heterocycles. The van der Waals surface area contributed by atoms with Crippen LogP contribution >= 0.6 is 0 Å². The highest BCUT2D eigenvalue weighted by atomic mass is 19.1. The number of benzene rings is 1. The van der Waals surface area contributed by atoms with Crippen LogP contribution in [0.4, 0.5) is 4.39 Å². The molecule has 2 aromatic rings. The summed E-state index contributed by atoms with van der Waals surface area (Å²) in [6, 6.07) is 9.58. The smallest absolute Gasteiger partial charge is 0.249 e. The van der Waals surface area contributed by atoms with Crippen molar-refractivity contribution in [2.75, 3.05) is 26.8 Å². The molecule has 0 aliphatic rings. The van der Waals surface area contributed by atoms with Crippen LogP contribution < -0.4 is 5.73 Å². The van der Waals surface area contributed by atoms with E-state index < -0.39 is 12.2 Å². The fourth-order valence-corrected chi connectivity index (χ4v) is 3.32. The van der Waals surface area contributed by atoms with Crippen LogP contribution in [0.25, 0.3) is 0 Å². The molecule has 0 unspecified atom stereocenters. The first-order valence-electron chi connectivity index (χ1n) is 9.45. The fraction of sp³-hybridized carbons (Fsp3) is 0.524. The normalized spacial score (nSPS) is 13.9. The molecule has 0 fully saturated rings. The monoisotopic (exact) mass is 390 g/mol. The van der Waals surface area contributed by atoms with Crippen LogP contribution in [0, 0.1) is 5.41 Å².